The number of nitrogens with zero attached hydrogens (tertiary/aromatic N) is 5. The van der Waals surface area contributed by atoms with Gasteiger partial charge in [0, 0.05) is 42.8 Å². The number of piperidine rings is 1. The second kappa shape index (κ2) is 12.8. The Labute approximate surface area is 208 Å². The number of thiophene rings is 1. The summed E-state index contributed by atoms with van der Waals surface area (Å²) in [5, 5.41) is 13.6. The molecule has 2 N–H and O–H groups in total. The molecule has 3 atom stereocenters. The van der Waals surface area contributed by atoms with Crippen molar-refractivity contribution >= 4 is 41.3 Å². The van der Waals surface area contributed by atoms with E-state index >= 15 is 0 Å². The van der Waals surface area contributed by atoms with Gasteiger partial charge in [-0.25, -0.2) is 0 Å². The molecule has 2 aromatic heterocycles. The molecule has 3 rings (SSSR count). The highest BCUT2D eigenvalue weighted by atomic mass is 127. The number of hydrogen-bond donors (Lipinski definition) is 2. The van der Waals surface area contributed by atoms with Crippen LogP contribution in [0.5, 0.6) is 0 Å². The van der Waals surface area contributed by atoms with Crippen LogP contribution >= 0.6 is 35.3 Å². The highest BCUT2D eigenvalue weighted by Gasteiger charge is 2.31. The average Bonchev–Trinajstić information content (AvgIpc) is 3.38. The molecule has 0 bridgehead atoms. The molecule has 0 aromatic carbocycles. The molecular weight excluding hydrogens is 521 g/mol. The number of aromatic nitrogens is 2. The van der Waals surface area contributed by atoms with Crippen LogP contribution in [0.2, 0.25) is 0 Å². The van der Waals surface area contributed by atoms with Crippen molar-refractivity contribution < 1.29 is 0 Å². The number of aliphatic imine (C=N–C) groups is 1. The number of rotatable bonds is 8. The molecule has 1 aliphatic rings. The van der Waals surface area contributed by atoms with Crippen LogP contribution in [0.3, 0.4) is 0 Å². The maximum Gasteiger partial charge on any atom is 0.191 e. The fraction of sp³-hybridized carbons (Fsp3) is 0.636. The molecule has 174 valence electrons. The Balaban J connectivity index is 0.00000341. The summed E-state index contributed by atoms with van der Waals surface area (Å²) in [6.45, 7) is 5.75. The Kier molecular flexibility index (Phi) is 10.7. The zero-order chi connectivity index (χ0) is 21.5. The van der Waals surface area contributed by atoms with Gasteiger partial charge in [0.05, 0.1) is 18.8 Å². The van der Waals surface area contributed by atoms with Crippen LogP contribution in [0.4, 0.5) is 0 Å². The first-order valence-electron chi connectivity index (χ1n) is 10.9. The molecule has 3 heterocycles. The maximum absolute atomic E-state index is 4.92. The van der Waals surface area contributed by atoms with E-state index in [-0.39, 0.29) is 30.0 Å². The fourth-order valence-electron chi connectivity index (χ4n) is 4.31. The van der Waals surface area contributed by atoms with Gasteiger partial charge in [0.15, 0.2) is 5.96 Å². The molecular formula is C22H38IN7S. The van der Waals surface area contributed by atoms with Gasteiger partial charge in [-0.3, -0.25) is 14.6 Å². The zero-order valence-electron chi connectivity index (χ0n) is 19.4. The van der Waals surface area contributed by atoms with Crippen LogP contribution in [0.15, 0.2) is 34.9 Å². The van der Waals surface area contributed by atoms with Crippen molar-refractivity contribution in [3.63, 3.8) is 0 Å². The number of aryl methyl sites for hydroxylation is 1. The SMILES string of the molecule is CCNC(=NCC(c1cnn(C)c1)N(C)C)NCC1CCCN(C)C1c1cccs1.I. The van der Waals surface area contributed by atoms with E-state index in [1.54, 1.807) is 0 Å². The number of hydrogen-bond acceptors (Lipinski definition) is 5. The fourth-order valence-corrected chi connectivity index (χ4v) is 5.29. The van der Waals surface area contributed by atoms with Gasteiger partial charge in [-0.15, -0.1) is 35.3 Å². The quantitative estimate of drug-likeness (QED) is 0.295. The minimum Gasteiger partial charge on any atom is -0.357 e. The lowest BCUT2D eigenvalue weighted by atomic mass is 9.88. The molecule has 0 amide bonds. The molecule has 0 aliphatic carbocycles. The summed E-state index contributed by atoms with van der Waals surface area (Å²) < 4.78 is 1.85. The molecule has 0 saturated carbocycles. The summed E-state index contributed by atoms with van der Waals surface area (Å²) in [5.74, 6) is 1.47. The Bertz CT molecular complexity index is 790. The average molecular weight is 560 g/mol. The van der Waals surface area contributed by atoms with Crippen LogP contribution in [-0.2, 0) is 7.05 Å². The first-order valence-corrected chi connectivity index (χ1v) is 11.8. The first-order chi connectivity index (χ1) is 14.5. The summed E-state index contributed by atoms with van der Waals surface area (Å²) in [7, 11) is 8.40. The van der Waals surface area contributed by atoms with Crippen molar-refractivity contribution in [2.24, 2.45) is 18.0 Å². The first kappa shape index (κ1) is 26.1. The van der Waals surface area contributed by atoms with E-state index < -0.39 is 0 Å². The summed E-state index contributed by atoms with van der Waals surface area (Å²) in [5.41, 5.74) is 1.19. The smallest absolute Gasteiger partial charge is 0.191 e. The number of likely N-dealkylation sites (tertiary alicyclic amines) is 1. The summed E-state index contributed by atoms with van der Waals surface area (Å²) >= 11 is 1.87. The van der Waals surface area contributed by atoms with Gasteiger partial charge in [0.25, 0.3) is 0 Å². The molecule has 1 saturated heterocycles. The van der Waals surface area contributed by atoms with E-state index in [0.717, 1.165) is 19.0 Å². The number of guanidine groups is 1. The van der Waals surface area contributed by atoms with Crippen LogP contribution < -0.4 is 10.6 Å². The molecule has 2 aromatic rings. The molecule has 9 heteroatoms. The summed E-state index contributed by atoms with van der Waals surface area (Å²) in [6.07, 6.45) is 6.51. The second-order valence-electron chi connectivity index (χ2n) is 8.37. The van der Waals surface area contributed by atoms with Crippen LogP contribution in [0, 0.1) is 5.92 Å². The van der Waals surface area contributed by atoms with Gasteiger partial charge >= 0.3 is 0 Å². The largest absolute Gasteiger partial charge is 0.357 e. The Morgan fingerprint density at radius 3 is 2.77 bits per heavy atom. The molecule has 3 unspecified atom stereocenters. The number of likely N-dealkylation sites (N-methyl/N-ethyl adjacent to an activating group) is 1. The van der Waals surface area contributed by atoms with E-state index in [1.165, 1.54) is 29.8 Å². The zero-order valence-corrected chi connectivity index (χ0v) is 22.6. The predicted molar refractivity (Wildman–Crippen MR) is 141 cm³/mol. The van der Waals surface area contributed by atoms with E-state index in [9.17, 15) is 0 Å². The van der Waals surface area contributed by atoms with Gasteiger partial charge in [-0.1, -0.05) is 6.07 Å². The Morgan fingerprint density at radius 2 is 2.16 bits per heavy atom. The number of nitrogens with one attached hydrogen (secondary N) is 2. The highest BCUT2D eigenvalue weighted by Crippen LogP contribution is 2.36. The Hall–Kier alpha value is -1.17. The number of halogens is 1. The normalized spacial score (nSPS) is 21.0. The topological polar surface area (TPSA) is 60.7 Å². The van der Waals surface area contributed by atoms with Crippen molar-refractivity contribution in [2.45, 2.75) is 31.8 Å². The maximum atomic E-state index is 4.92. The third-order valence-electron chi connectivity index (χ3n) is 5.87. The third-order valence-corrected chi connectivity index (χ3v) is 6.82. The van der Waals surface area contributed by atoms with Crippen LogP contribution in [0.1, 0.15) is 42.3 Å². The predicted octanol–water partition coefficient (Wildman–Crippen LogP) is 3.34. The van der Waals surface area contributed by atoms with Crippen molar-refractivity contribution in [1.82, 2.24) is 30.2 Å². The van der Waals surface area contributed by atoms with Gasteiger partial charge in [-0.05, 0) is 64.8 Å². The monoisotopic (exact) mass is 559 g/mol. The summed E-state index contributed by atoms with van der Waals surface area (Å²) in [6, 6.07) is 5.13. The van der Waals surface area contributed by atoms with E-state index in [2.05, 4.69) is 77.3 Å². The lowest BCUT2D eigenvalue weighted by Gasteiger charge is -2.39. The molecule has 1 fully saturated rings. The van der Waals surface area contributed by atoms with Crippen molar-refractivity contribution in [2.75, 3.05) is 47.3 Å². The van der Waals surface area contributed by atoms with Crippen LogP contribution in [0.25, 0.3) is 0 Å². The van der Waals surface area contributed by atoms with Gasteiger partial charge in [-0.2, -0.15) is 5.10 Å². The van der Waals surface area contributed by atoms with Gasteiger partial charge < -0.3 is 15.5 Å². The summed E-state index contributed by atoms with van der Waals surface area (Å²) in [4.78, 5) is 11.1. The molecule has 1 aliphatic heterocycles. The minimum atomic E-state index is 0. The standard InChI is InChI=1S/C22H37N7S.HI/c1-6-23-22(25-15-19(27(2)3)18-14-26-29(5)16-18)24-13-17-9-7-11-28(4)21(17)20-10-8-12-30-20;/h8,10,12,14,16-17,19,21H,6-7,9,11,13,15H2,1-5H3,(H2,23,24,25);1H. The molecule has 0 radical (unpaired) electrons. The molecule has 31 heavy (non-hydrogen) atoms. The molecule has 0 spiro atoms. The third kappa shape index (κ3) is 7.16. The molecule has 7 nitrogen and oxygen atoms in total. The minimum absolute atomic E-state index is 0. The van der Waals surface area contributed by atoms with Crippen molar-refractivity contribution in [3.8, 4) is 0 Å². The lowest BCUT2D eigenvalue weighted by Crippen LogP contribution is -2.45. The van der Waals surface area contributed by atoms with E-state index in [1.807, 2.05) is 29.3 Å². The van der Waals surface area contributed by atoms with Crippen molar-refractivity contribution in [1.29, 1.82) is 0 Å². The lowest BCUT2D eigenvalue weighted by molar-refractivity contribution is 0.125. The second-order valence-corrected chi connectivity index (χ2v) is 9.35. The van der Waals surface area contributed by atoms with E-state index in [0.29, 0.717) is 18.5 Å². The van der Waals surface area contributed by atoms with Gasteiger partial charge in [0.1, 0.15) is 0 Å². The van der Waals surface area contributed by atoms with Crippen LogP contribution in [-0.4, -0.2) is 72.9 Å². The highest BCUT2D eigenvalue weighted by molar-refractivity contribution is 14.0. The van der Waals surface area contributed by atoms with Gasteiger partial charge in [0.2, 0.25) is 0 Å². The van der Waals surface area contributed by atoms with E-state index in [4.69, 9.17) is 4.99 Å². The van der Waals surface area contributed by atoms with Crippen molar-refractivity contribution in [3.05, 3.63) is 40.3 Å². The Morgan fingerprint density at radius 1 is 1.35 bits per heavy atom.